The largest absolute Gasteiger partial charge is 0.497 e. The first kappa shape index (κ1) is 8.97. The molecule has 3 nitrogen and oxygen atoms in total. The molecule has 0 aliphatic heterocycles. The van der Waals surface area contributed by atoms with Gasteiger partial charge in [0, 0.05) is 5.39 Å². The van der Waals surface area contributed by atoms with Gasteiger partial charge in [-0.25, -0.2) is 0 Å². The van der Waals surface area contributed by atoms with Crippen molar-refractivity contribution in [2.45, 2.75) is 6.61 Å². The Hall–Kier alpha value is -1.61. The molecule has 0 unspecified atom stereocenters. The second-order valence-electron chi connectivity index (χ2n) is 3.02. The maximum atomic E-state index is 8.91. The summed E-state index contributed by atoms with van der Waals surface area (Å²) in [5.41, 5.74) is 1.56. The smallest absolute Gasteiger partial charge is 0.119 e. The number of benzene rings is 1. The van der Waals surface area contributed by atoms with E-state index in [1.165, 1.54) is 0 Å². The fraction of sp³-hybridized carbons (Fsp3) is 0.182. The van der Waals surface area contributed by atoms with Gasteiger partial charge in [-0.05, 0) is 24.3 Å². The summed E-state index contributed by atoms with van der Waals surface area (Å²) in [5.74, 6) is 0.816. The van der Waals surface area contributed by atoms with Crippen LogP contribution >= 0.6 is 0 Å². The minimum atomic E-state index is -0.0258. The number of hydrogen-bond donors (Lipinski definition) is 1. The minimum absolute atomic E-state index is 0.0258. The van der Waals surface area contributed by atoms with Crippen LogP contribution < -0.4 is 4.74 Å². The molecule has 1 aromatic carbocycles. The quantitative estimate of drug-likeness (QED) is 0.782. The summed E-state index contributed by atoms with van der Waals surface area (Å²) in [6, 6.07) is 9.39. The lowest BCUT2D eigenvalue weighted by atomic mass is 10.2. The highest BCUT2D eigenvalue weighted by Crippen LogP contribution is 2.19. The van der Waals surface area contributed by atoms with Gasteiger partial charge in [-0.3, -0.25) is 4.98 Å². The van der Waals surface area contributed by atoms with Gasteiger partial charge in [0.1, 0.15) is 5.75 Å². The molecule has 0 bridgehead atoms. The average molecular weight is 189 g/mol. The zero-order valence-electron chi connectivity index (χ0n) is 7.90. The predicted octanol–water partition coefficient (Wildman–Crippen LogP) is 1.74. The summed E-state index contributed by atoms with van der Waals surface area (Å²) in [7, 11) is 1.64. The Bertz CT molecular complexity index is 411. The highest BCUT2D eigenvalue weighted by atomic mass is 16.5. The van der Waals surface area contributed by atoms with E-state index in [0.717, 1.165) is 16.7 Å². The molecule has 0 saturated heterocycles. The third-order valence-corrected chi connectivity index (χ3v) is 2.12. The second kappa shape index (κ2) is 3.64. The lowest BCUT2D eigenvalue weighted by Crippen LogP contribution is -1.90. The molecule has 0 amide bonds. The molecule has 0 fully saturated rings. The van der Waals surface area contributed by atoms with Gasteiger partial charge >= 0.3 is 0 Å². The van der Waals surface area contributed by atoms with Gasteiger partial charge in [-0.1, -0.05) is 6.07 Å². The fourth-order valence-corrected chi connectivity index (χ4v) is 1.36. The molecule has 3 heteroatoms. The van der Waals surface area contributed by atoms with Crippen LogP contribution in [0.5, 0.6) is 5.75 Å². The SMILES string of the molecule is COc1ccc2nc(CO)ccc2c1. The van der Waals surface area contributed by atoms with Crippen LogP contribution in [-0.2, 0) is 6.61 Å². The Morgan fingerprint density at radius 3 is 2.86 bits per heavy atom. The molecule has 0 radical (unpaired) electrons. The van der Waals surface area contributed by atoms with Gasteiger partial charge < -0.3 is 9.84 Å². The molecule has 1 aromatic heterocycles. The number of hydrogen-bond acceptors (Lipinski definition) is 3. The topological polar surface area (TPSA) is 42.4 Å². The third-order valence-electron chi connectivity index (χ3n) is 2.12. The van der Waals surface area contributed by atoms with Crippen molar-refractivity contribution in [3.05, 3.63) is 36.0 Å². The molecule has 0 saturated carbocycles. The van der Waals surface area contributed by atoms with Crippen LogP contribution in [0.4, 0.5) is 0 Å². The molecule has 2 rings (SSSR count). The van der Waals surface area contributed by atoms with Crippen molar-refractivity contribution in [3.8, 4) is 5.75 Å². The van der Waals surface area contributed by atoms with Crippen LogP contribution in [0.3, 0.4) is 0 Å². The predicted molar refractivity (Wildman–Crippen MR) is 54.2 cm³/mol. The number of aliphatic hydroxyl groups excluding tert-OH is 1. The summed E-state index contributed by atoms with van der Waals surface area (Å²) in [6.07, 6.45) is 0. The van der Waals surface area contributed by atoms with Gasteiger partial charge in [-0.15, -0.1) is 0 Å². The summed E-state index contributed by atoms with van der Waals surface area (Å²) in [6.45, 7) is -0.0258. The Kier molecular flexibility index (Phi) is 2.33. The van der Waals surface area contributed by atoms with Crippen molar-refractivity contribution in [2.24, 2.45) is 0 Å². The number of fused-ring (bicyclic) bond motifs is 1. The second-order valence-corrected chi connectivity index (χ2v) is 3.02. The summed E-state index contributed by atoms with van der Waals surface area (Å²) < 4.78 is 5.10. The van der Waals surface area contributed by atoms with E-state index in [1.54, 1.807) is 7.11 Å². The maximum absolute atomic E-state index is 8.91. The average Bonchev–Trinajstić information content (AvgIpc) is 2.27. The molecule has 72 valence electrons. The van der Waals surface area contributed by atoms with Crippen molar-refractivity contribution < 1.29 is 9.84 Å². The number of aromatic nitrogens is 1. The number of ether oxygens (including phenoxy) is 1. The van der Waals surface area contributed by atoms with Crippen molar-refractivity contribution in [3.63, 3.8) is 0 Å². The van der Waals surface area contributed by atoms with Gasteiger partial charge in [0.25, 0.3) is 0 Å². The fourth-order valence-electron chi connectivity index (χ4n) is 1.36. The van der Waals surface area contributed by atoms with Crippen LogP contribution in [0.1, 0.15) is 5.69 Å². The highest BCUT2D eigenvalue weighted by molar-refractivity contribution is 5.80. The van der Waals surface area contributed by atoms with Crippen LogP contribution in [-0.4, -0.2) is 17.2 Å². The lowest BCUT2D eigenvalue weighted by molar-refractivity contribution is 0.277. The molecular formula is C11H11NO2. The number of nitrogens with zero attached hydrogens (tertiary/aromatic N) is 1. The molecular weight excluding hydrogens is 178 g/mol. The summed E-state index contributed by atoms with van der Waals surface area (Å²) >= 11 is 0. The highest BCUT2D eigenvalue weighted by Gasteiger charge is 1.98. The van der Waals surface area contributed by atoms with E-state index < -0.39 is 0 Å². The van der Waals surface area contributed by atoms with E-state index in [2.05, 4.69) is 4.98 Å². The number of aliphatic hydroxyl groups is 1. The molecule has 1 N–H and O–H groups in total. The van der Waals surface area contributed by atoms with Gasteiger partial charge in [0.05, 0.1) is 24.9 Å². The molecule has 0 atom stereocenters. The van der Waals surface area contributed by atoms with Crippen molar-refractivity contribution >= 4 is 10.9 Å². The molecule has 0 aliphatic carbocycles. The molecule has 0 spiro atoms. The van der Waals surface area contributed by atoms with E-state index >= 15 is 0 Å². The van der Waals surface area contributed by atoms with Gasteiger partial charge in [-0.2, -0.15) is 0 Å². The van der Waals surface area contributed by atoms with E-state index in [-0.39, 0.29) is 6.61 Å². The van der Waals surface area contributed by atoms with E-state index in [9.17, 15) is 0 Å². The van der Waals surface area contributed by atoms with Crippen LogP contribution in [0.25, 0.3) is 10.9 Å². The number of pyridine rings is 1. The zero-order chi connectivity index (χ0) is 9.97. The van der Waals surface area contributed by atoms with Gasteiger partial charge in [0.2, 0.25) is 0 Å². The standard InChI is InChI=1S/C11H11NO2/c1-14-10-4-5-11-8(6-10)2-3-9(7-13)12-11/h2-6,13H,7H2,1H3. The Morgan fingerprint density at radius 2 is 2.14 bits per heavy atom. The summed E-state index contributed by atoms with van der Waals surface area (Å²) in [5, 5.41) is 9.93. The normalized spacial score (nSPS) is 10.4. The lowest BCUT2D eigenvalue weighted by Gasteiger charge is -2.02. The van der Waals surface area contributed by atoms with Crippen molar-refractivity contribution in [1.29, 1.82) is 0 Å². The first-order valence-electron chi connectivity index (χ1n) is 4.38. The maximum Gasteiger partial charge on any atom is 0.119 e. The van der Waals surface area contributed by atoms with Crippen molar-refractivity contribution in [2.75, 3.05) is 7.11 Å². The molecule has 1 heterocycles. The van der Waals surface area contributed by atoms with Crippen LogP contribution in [0, 0.1) is 0 Å². The number of methoxy groups -OCH3 is 1. The minimum Gasteiger partial charge on any atom is -0.497 e. The Morgan fingerprint density at radius 1 is 1.29 bits per heavy atom. The number of rotatable bonds is 2. The van der Waals surface area contributed by atoms with Crippen LogP contribution in [0.2, 0.25) is 0 Å². The van der Waals surface area contributed by atoms with E-state index in [0.29, 0.717) is 5.69 Å². The van der Waals surface area contributed by atoms with Crippen LogP contribution in [0.15, 0.2) is 30.3 Å². The zero-order valence-corrected chi connectivity index (χ0v) is 7.90. The third kappa shape index (κ3) is 1.54. The first-order valence-corrected chi connectivity index (χ1v) is 4.38. The molecule has 0 aliphatic rings. The Balaban J connectivity index is 2.57. The monoisotopic (exact) mass is 189 g/mol. The summed E-state index contributed by atoms with van der Waals surface area (Å²) in [4.78, 5) is 4.26. The molecule has 2 aromatic rings. The first-order chi connectivity index (χ1) is 6.83. The van der Waals surface area contributed by atoms with E-state index in [1.807, 2.05) is 30.3 Å². The molecule has 14 heavy (non-hydrogen) atoms. The van der Waals surface area contributed by atoms with Gasteiger partial charge in [0.15, 0.2) is 0 Å². The Labute approximate surface area is 82.0 Å². The van der Waals surface area contributed by atoms with E-state index in [4.69, 9.17) is 9.84 Å². The van der Waals surface area contributed by atoms with Crippen molar-refractivity contribution in [1.82, 2.24) is 4.98 Å².